The van der Waals surface area contributed by atoms with Crippen molar-refractivity contribution in [1.82, 2.24) is 20.2 Å². The Morgan fingerprint density at radius 2 is 1.96 bits per heavy atom. The summed E-state index contributed by atoms with van der Waals surface area (Å²) < 4.78 is 5.22. The predicted molar refractivity (Wildman–Crippen MR) is 112 cm³/mol. The van der Waals surface area contributed by atoms with Crippen molar-refractivity contribution in [1.29, 1.82) is 0 Å². The van der Waals surface area contributed by atoms with E-state index in [1.807, 2.05) is 63.5 Å². The minimum atomic E-state index is -0.113. The van der Waals surface area contributed by atoms with Crippen LogP contribution in [0, 0.1) is 6.92 Å². The molecule has 7 heteroatoms. The van der Waals surface area contributed by atoms with Crippen LogP contribution in [0.4, 0.5) is 0 Å². The van der Waals surface area contributed by atoms with Crippen molar-refractivity contribution in [2.45, 2.75) is 13.0 Å². The molecule has 28 heavy (non-hydrogen) atoms. The number of pyridine rings is 1. The molecule has 2 aromatic heterocycles. The summed E-state index contributed by atoms with van der Waals surface area (Å²) >= 11 is 1.37. The molecule has 0 aliphatic heterocycles. The lowest BCUT2D eigenvalue weighted by Gasteiger charge is -2.25. The highest BCUT2D eigenvalue weighted by Crippen LogP contribution is 2.27. The number of hydrogen-bond acceptors (Lipinski definition) is 6. The monoisotopic (exact) mass is 396 g/mol. The number of amides is 1. The number of aromatic nitrogens is 2. The van der Waals surface area contributed by atoms with E-state index in [9.17, 15) is 4.79 Å². The maximum absolute atomic E-state index is 12.8. The topological polar surface area (TPSA) is 67.3 Å². The third kappa shape index (κ3) is 4.55. The van der Waals surface area contributed by atoms with Gasteiger partial charge in [0.2, 0.25) is 0 Å². The minimum Gasteiger partial charge on any atom is -0.497 e. The Hall–Kier alpha value is -2.77. The van der Waals surface area contributed by atoms with E-state index in [0.29, 0.717) is 17.1 Å². The van der Waals surface area contributed by atoms with Crippen molar-refractivity contribution in [3.8, 4) is 16.5 Å². The number of methoxy groups -OCH3 is 1. The number of likely N-dealkylation sites (N-methyl/N-ethyl adjacent to an activating group) is 1. The third-order valence-electron chi connectivity index (χ3n) is 4.47. The van der Waals surface area contributed by atoms with Crippen LogP contribution in [0.25, 0.3) is 10.7 Å². The van der Waals surface area contributed by atoms with E-state index < -0.39 is 0 Å². The van der Waals surface area contributed by atoms with Crippen molar-refractivity contribution < 1.29 is 9.53 Å². The Morgan fingerprint density at radius 3 is 2.57 bits per heavy atom. The highest BCUT2D eigenvalue weighted by atomic mass is 32.1. The van der Waals surface area contributed by atoms with Crippen molar-refractivity contribution in [2.75, 3.05) is 27.7 Å². The van der Waals surface area contributed by atoms with E-state index in [1.165, 1.54) is 11.3 Å². The van der Waals surface area contributed by atoms with E-state index in [4.69, 9.17) is 4.74 Å². The Bertz CT molecular complexity index is 923. The van der Waals surface area contributed by atoms with Gasteiger partial charge < -0.3 is 15.0 Å². The van der Waals surface area contributed by atoms with Gasteiger partial charge in [-0.2, -0.15) is 0 Å². The van der Waals surface area contributed by atoms with E-state index in [0.717, 1.165) is 22.0 Å². The Labute approximate surface area is 169 Å². The fourth-order valence-corrected chi connectivity index (χ4v) is 3.86. The van der Waals surface area contributed by atoms with Gasteiger partial charge in [-0.05, 0) is 50.8 Å². The molecule has 2 heterocycles. The van der Waals surface area contributed by atoms with Gasteiger partial charge in [0.1, 0.15) is 15.6 Å². The van der Waals surface area contributed by atoms with E-state index in [-0.39, 0.29) is 11.9 Å². The first-order valence-corrected chi connectivity index (χ1v) is 9.78. The molecule has 0 aliphatic rings. The molecule has 0 saturated heterocycles. The van der Waals surface area contributed by atoms with Crippen LogP contribution in [0.5, 0.6) is 5.75 Å². The van der Waals surface area contributed by atoms with Crippen LogP contribution < -0.4 is 10.1 Å². The molecule has 1 N–H and O–H groups in total. The molecule has 0 bridgehead atoms. The number of aryl methyl sites for hydroxylation is 1. The molecule has 146 valence electrons. The van der Waals surface area contributed by atoms with Crippen LogP contribution in [-0.4, -0.2) is 48.5 Å². The van der Waals surface area contributed by atoms with Gasteiger partial charge in [0, 0.05) is 12.7 Å². The Kier molecular flexibility index (Phi) is 6.38. The second-order valence-corrected chi connectivity index (χ2v) is 7.61. The molecule has 0 radical (unpaired) electrons. The first-order chi connectivity index (χ1) is 13.5. The number of carbonyl (C=O) groups is 1. The molecule has 3 rings (SSSR count). The second-order valence-electron chi connectivity index (χ2n) is 6.61. The second kappa shape index (κ2) is 8.95. The van der Waals surface area contributed by atoms with Gasteiger partial charge in [0.15, 0.2) is 0 Å². The van der Waals surface area contributed by atoms with Gasteiger partial charge in [0.25, 0.3) is 5.91 Å². The SMILES string of the molecule is COc1ccc([C@@H](CNC(=O)c2sc(-c3ccccn3)nc2C)N(C)C)cc1. The normalized spacial score (nSPS) is 12.0. The number of thiazole rings is 1. The summed E-state index contributed by atoms with van der Waals surface area (Å²) in [6, 6.07) is 13.6. The molecular weight excluding hydrogens is 372 g/mol. The first kappa shape index (κ1) is 20.0. The lowest BCUT2D eigenvalue weighted by atomic mass is 10.1. The molecule has 3 aromatic rings. The summed E-state index contributed by atoms with van der Waals surface area (Å²) in [7, 11) is 5.64. The molecule has 0 saturated carbocycles. The van der Waals surface area contributed by atoms with Gasteiger partial charge in [0.05, 0.1) is 24.5 Å². The number of carbonyl (C=O) groups excluding carboxylic acids is 1. The Morgan fingerprint density at radius 1 is 1.21 bits per heavy atom. The standard InChI is InChI=1S/C21H24N4O2S/c1-14-19(28-21(24-14)17-7-5-6-12-22-17)20(26)23-13-18(25(2)3)15-8-10-16(27-4)11-9-15/h5-12,18H,13H2,1-4H3,(H,23,26)/t18-/m1/s1. The van der Waals surface area contributed by atoms with Crippen LogP contribution in [-0.2, 0) is 0 Å². The van der Waals surface area contributed by atoms with Crippen LogP contribution in [0.15, 0.2) is 48.7 Å². The van der Waals surface area contributed by atoms with Crippen molar-refractivity contribution in [3.05, 3.63) is 64.8 Å². The Balaban J connectivity index is 1.72. The summed E-state index contributed by atoms with van der Waals surface area (Å²) in [6.45, 7) is 2.35. The van der Waals surface area contributed by atoms with E-state index >= 15 is 0 Å². The summed E-state index contributed by atoms with van der Waals surface area (Å²) in [4.78, 5) is 24.3. The fourth-order valence-electron chi connectivity index (χ4n) is 2.90. The summed E-state index contributed by atoms with van der Waals surface area (Å²) in [6.07, 6.45) is 1.72. The molecule has 0 aliphatic carbocycles. The number of benzene rings is 1. The molecule has 0 unspecified atom stereocenters. The molecule has 0 spiro atoms. The lowest BCUT2D eigenvalue weighted by Crippen LogP contribution is -2.34. The van der Waals surface area contributed by atoms with Crippen LogP contribution in [0.3, 0.4) is 0 Å². The molecular formula is C21H24N4O2S. The van der Waals surface area contributed by atoms with Crippen LogP contribution in [0.2, 0.25) is 0 Å². The van der Waals surface area contributed by atoms with Gasteiger partial charge in [-0.15, -0.1) is 11.3 Å². The van der Waals surface area contributed by atoms with Gasteiger partial charge in [-0.25, -0.2) is 4.98 Å². The largest absolute Gasteiger partial charge is 0.497 e. The number of nitrogens with one attached hydrogen (secondary N) is 1. The number of hydrogen-bond donors (Lipinski definition) is 1. The highest BCUT2D eigenvalue weighted by molar-refractivity contribution is 7.17. The smallest absolute Gasteiger partial charge is 0.263 e. The van der Waals surface area contributed by atoms with Crippen molar-refractivity contribution in [3.63, 3.8) is 0 Å². The van der Waals surface area contributed by atoms with E-state index in [1.54, 1.807) is 13.3 Å². The highest BCUT2D eigenvalue weighted by Gasteiger charge is 2.20. The molecule has 1 aromatic carbocycles. The lowest BCUT2D eigenvalue weighted by molar-refractivity contribution is 0.0945. The zero-order valence-electron chi connectivity index (χ0n) is 16.5. The maximum Gasteiger partial charge on any atom is 0.263 e. The molecule has 0 fully saturated rings. The summed E-state index contributed by atoms with van der Waals surface area (Å²) in [5.41, 5.74) is 2.61. The van der Waals surface area contributed by atoms with Gasteiger partial charge in [-0.3, -0.25) is 9.78 Å². The number of ether oxygens (including phenoxy) is 1. The van der Waals surface area contributed by atoms with Crippen LogP contribution in [0.1, 0.15) is 27.0 Å². The third-order valence-corrected chi connectivity index (χ3v) is 5.65. The molecule has 1 amide bonds. The van der Waals surface area contributed by atoms with E-state index in [2.05, 4.69) is 20.2 Å². The zero-order chi connectivity index (χ0) is 20.1. The summed E-state index contributed by atoms with van der Waals surface area (Å²) in [5, 5.41) is 3.80. The quantitative estimate of drug-likeness (QED) is 0.661. The van der Waals surface area contributed by atoms with Gasteiger partial charge >= 0.3 is 0 Å². The predicted octanol–water partition coefficient (Wildman–Crippen LogP) is 3.55. The van der Waals surface area contributed by atoms with Crippen LogP contribution >= 0.6 is 11.3 Å². The number of rotatable bonds is 7. The molecule has 1 atom stereocenters. The fraction of sp³-hybridized carbons (Fsp3) is 0.286. The minimum absolute atomic E-state index is 0.0540. The average molecular weight is 397 g/mol. The summed E-state index contributed by atoms with van der Waals surface area (Å²) in [5.74, 6) is 0.699. The average Bonchev–Trinajstić information content (AvgIpc) is 3.10. The maximum atomic E-state index is 12.8. The number of nitrogens with zero attached hydrogens (tertiary/aromatic N) is 3. The zero-order valence-corrected chi connectivity index (χ0v) is 17.3. The van der Waals surface area contributed by atoms with Crippen molar-refractivity contribution in [2.24, 2.45) is 0 Å². The molecule has 6 nitrogen and oxygen atoms in total. The van der Waals surface area contributed by atoms with Gasteiger partial charge in [-0.1, -0.05) is 18.2 Å². The van der Waals surface area contributed by atoms with Crippen molar-refractivity contribution >= 4 is 17.2 Å². The first-order valence-electron chi connectivity index (χ1n) is 8.97.